The molecule has 0 aliphatic heterocycles. The number of halogens is 1. The van der Waals surface area contributed by atoms with Gasteiger partial charge in [-0.15, -0.1) is 0 Å². The van der Waals surface area contributed by atoms with Crippen molar-refractivity contribution in [3.05, 3.63) is 33.8 Å². The van der Waals surface area contributed by atoms with Crippen molar-refractivity contribution in [3.63, 3.8) is 0 Å². The Morgan fingerprint density at radius 3 is 2.80 bits per heavy atom. The van der Waals surface area contributed by atoms with Crippen LogP contribution in [0.1, 0.15) is 18.4 Å². The fourth-order valence-electron chi connectivity index (χ4n) is 1.71. The Labute approximate surface area is 98.2 Å². The van der Waals surface area contributed by atoms with Gasteiger partial charge in [-0.2, -0.15) is 0 Å². The molecule has 0 bridgehead atoms. The molecule has 2 nitrogen and oxygen atoms in total. The number of nitrogens with two attached hydrogens (primary N) is 1. The first kappa shape index (κ1) is 10.7. The maximum absolute atomic E-state index is 5.74. The van der Waals surface area contributed by atoms with Crippen LogP contribution < -0.4 is 10.5 Å². The lowest BCUT2D eigenvalue weighted by molar-refractivity contribution is 0.414. The predicted molar refractivity (Wildman–Crippen MR) is 65.9 cm³/mol. The van der Waals surface area contributed by atoms with Gasteiger partial charge in [-0.1, -0.05) is 27.6 Å². The third-order valence-electron chi connectivity index (χ3n) is 2.61. The van der Waals surface area contributed by atoms with E-state index in [4.69, 9.17) is 10.5 Å². The van der Waals surface area contributed by atoms with Crippen molar-refractivity contribution < 1.29 is 4.74 Å². The lowest BCUT2D eigenvalue weighted by Gasteiger charge is -2.25. The summed E-state index contributed by atoms with van der Waals surface area (Å²) in [6.07, 6.45) is 4.23. The Bertz CT molecular complexity index is 393. The van der Waals surface area contributed by atoms with Gasteiger partial charge in [-0.3, -0.25) is 0 Å². The van der Waals surface area contributed by atoms with Crippen molar-refractivity contribution >= 4 is 22.0 Å². The molecule has 80 valence electrons. The van der Waals surface area contributed by atoms with E-state index in [1.165, 1.54) is 5.57 Å². The summed E-state index contributed by atoms with van der Waals surface area (Å²) in [6, 6.07) is 6.34. The van der Waals surface area contributed by atoms with Gasteiger partial charge in [0.2, 0.25) is 0 Å². The van der Waals surface area contributed by atoms with E-state index < -0.39 is 0 Å². The monoisotopic (exact) mass is 267 g/mol. The van der Waals surface area contributed by atoms with Crippen molar-refractivity contribution in [3.8, 4) is 5.75 Å². The predicted octanol–water partition coefficient (Wildman–Crippen LogP) is 2.96. The van der Waals surface area contributed by atoms with Gasteiger partial charge in [0, 0.05) is 10.5 Å². The van der Waals surface area contributed by atoms with Gasteiger partial charge in [0.25, 0.3) is 0 Å². The molecule has 0 amide bonds. The van der Waals surface area contributed by atoms with Crippen LogP contribution in [0, 0.1) is 0 Å². The van der Waals surface area contributed by atoms with Crippen LogP contribution in [0.5, 0.6) is 5.75 Å². The smallest absolute Gasteiger partial charge is 0.119 e. The molecule has 1 saturated carbocycles. The van der Waals surface area contributed by atoms with E-state index in [-0.39, 0.29) is 0 Å². The molecule has 2 rings (SSSR count). The molecule has 0 spiro atoms. The van der Waals surface area contributed by atoms with Crippen LogP contribution in [0.4, 0.5) is 0 Å². The summed E-state index contributed by atoms with van der Waals surface area (Å²) in [7, 11) is 1.68. The number of benzene rings is 1. The van der Waals surface area contributed by atoms with Crippen LogP contribution in [0.2, 0.25) is 0 Å². The Morgan fingerprint density at radius 1 is 1.47 bits per heavy atom. The largest absolute Gasteiger partial charge is 0.497 e. The highest BCUT2D eigenvalue weighted by atomic mass is 79.9. The highest BCUT2D eigenvalue weighted by molar-refractivity contribution is 9.10. The first-order valence-electron chi connectivity index (χ1n) is 4.97. The van der Waals surface area contributed by atoms with Crippen molar-refractivity contribution in [1.82, 2.24) is 0 Å². The van der Waals surface area contributed by atoms with E-state index in [9.17, 15) is 0 Å². The van der Waals surface area contributed by atoms with Gasteiger partial charge in [-0.25, -0.2) is 0 Å². The molecule has 0 aromatic heterocycles. The zero-order valence-corrected chi connectivity index (χ0v) is 10.3. The molecular weight excluding hydrogens is 254 g/mol. The van der Waals surface area contributed by atoms with Gasteiger partial charge in [0.1, 0.15) is 5.75 Å². The van der Waals surface area contributed by atoms with Crippen LogP contribution in [0.25, 0.3) is 6.08 Å². The Kier molecular flexibility index (Phi) is 3.12. The van der Waals surface area contributed by atoms with Crippen LogP contribution in [-0.2, 0) is 0 Å². The average molecular weight is 268 g/mol. The summed E-state index contributed by atoms with van der Waals surface area (Å²) in [5, 5.41) is 0. The number of ether oxygens (including phenoxy) is 1. The standard InChI is InChI=1S/C12H14BrNO/c1-15-11-2-3-12(13)9(7-11)4-8-5-10(14)6-8/h2-4,7,10H,5-6,14H2,1H3. The average Bonchev–Trinajstić information content (AvgIpc) is 2.19. The summed E-state index contributed by atoms with van der Waals surface area (Å²) in [6.45, 7) is 0. The maximum Gasteiger partial charge on any atom is 0.119 e. The molecule has 0 unspecified atom stereocenters. The summed E-state index contributed by atoms with van der Waals surface area (Å²) >= 11 is 3.53. The first-order valence-corrected chi connectivity index (χ1v) is 5.77. The van der Waals surface area contributed by atoms with E-state index >= 15 is 0 Å². The third-order valence-corrected chi connectivity index (χ3v) is 3.33. The zero-order chi connectivity index (χ0) is 10.8. The maximum atomic E-state index is 5.74. The van der Waals surface area contributed by atoms with E-state index in [1.807, 2.05) is 18.2 Å². The fraction of sp³-hybridized carbons (Fsp3) is 0.333. The van der Waals surface area contributed by atoms with Crippen molar-refractivity contribution in [2.24, 2.45) is 5.73 Å². The lowest BCUT2D eigenvalue weighted by Crippen LogP contribution is -2.29. The topological polar surface area (TPSA) is 35.2 Å². The second kappa shape index (κ2) is 4.37. The Hall–Kier alpha value is -0.800. The van der Waals surface area contributed by atoms with Gasteiger partial charge < -0.3 is 10.5 Å². The molecule has 1 aliphatic rings. The van der Waals surface area contributed by atoms with E-state index in [0.717, 1.165) is 28.6 Å². The molecule has 3 heteroatoms. The SMILES string of the molecule is COc1ccc(Br)c(C=C2CC(N)C2)c1. The molecule has 0 atom stereocenters. The quantitative estimate of drug-likeness (QED) is 0.895. The molecule has 1 fully saturated rings. The van der Waals surface area contributed by atoms with Crippen LogP contribution >= 0.6 is 15.9 Å². The molecule has 0 saturated heterocycles. The minimum atomic E-state index is 0.362. The number of hydrogen-bond acceptors (Lipinski definition) is 2. The Balaban J connectivity index is 2.23. The van der Waals surface area contributed by atoms with Crippen LogP contribution in [-0.4, -0.2) is 13.2 Å². The van der Waals surface area contributed by atoms with E-state index in [2.05, 4.69) is 22.0 Å². The van der Waals surface area contributed by atoms with Gasteiger partial charge in [-0.05, 0) is 36.6 Å². The minimum absolute atomic E-state index is 0.362. The van der Waals surface area contributed by atoms with Gasteiger partial charge in [0.15, 0.2) is 0 Å². The zero-order valence-electron chi connectivity index (χ0n) is 8.66. The van der Waals surface area contributed by atoms with Crippen LogP contribution in [0.3, 0.4) is 0 Å². The summed E-state index contributed by atoms with van der Waals surface area (Å²) in [5.41, 5.74) is 8.32. The van der Waals surface area contributed by atoms with Gasteiger partial charge in [0.05, 0.1) is 7.11 Å². The summed E-state index contributed by atoms with van der Waals surface area (Å²) in [4.78, 5) is 0. The first-order chi connectivity index (χ1) is 7.19. The van der Waals surface area contributed by atoms with Crippen molar-refractivity contribution in [1.29, 1.82) is 0 Å². The second-order valence-corrected chi connectivity index (χ2v) is 4.71. The fourth-order valence-corrected chi connectivity index (χ4v) is 2.07. The lowest BCUT2D eigenvalue weighted by atomic mass is 9.86. The molecule has 1 aromatic rings. The van der Waals surface area contributed by atoms with Crippen molar-refractivity contribution in [2.75, 3.05) is 7.11 Å². The molecule has 1 aromatic carbocycles. The molecule has 0 heterocycles. The highest BCUT2D eigenvalue weighted by Crippen LogP contribution is 2.30. The Morgan fingerprint density at radius 2 is 2.20 bits per heavy atom. The number of hydrogen-bond donors (Lipinski definition) is 1. The number of rotatable bonds is 2. The summed E-state index contributed by atoms with van der Waals surface area (Å²) in [5.74, 6) is 0.883. The molecule has 15 heavy (non-hydrogen) atoms. The van der Waals surface area contributed by atoms with E-state index in [1.54, 1.807) is 7.11 Å². The van der Waals surface area contributed by atoms with E-state index in [0.29, 0.717) is 6.04 Å². The summed E-state index contributed by atoms with van der Waals surface area (Å²) < 4.78 is 6.28. The van der Waals surface area contributed by atoms with Crippen molar-refractivity contribution in [2.45, 2.75) is 18.9 Å². The normalized spacial score (nSPS) is 19.7. The second-order valence-electron chi connectivity index (χ2n) is 3.86. The van der Waals surface area contributed by atoms with Crippen LogP contribution in [0.15, 0.2) is 28.2 Å². The third kappa shape index (κ3) is 2.41. The molecule has 1 aliphatic carbocycles. The highest BCUT2D eigenvalue weighted by Gasteiger charge is 2.18. The molecule has 2 N–H and O–H groups in total. The van der Waals surface area contributed by atoms with Gasteiger partial charge >= 0.3 is 0 Å². The minimum Gasteiger partial charge on any atom is -0.497 e. The number of methoxy groups -OCH3 is 1. The molecular formula is C12H14BrNO. The molecule has 0 radical (unpaired) electrons.